The molecule has 0 bridgehead atoms. The van der Waals surface area contributed by atoms with Gasteiger partial charge >= 0.3 is 0 Å². The molecular formula is C11H19NO2. The van der Waals surface area contributed by atoms with Gasteiger partial charge in [-0.3, -0.25) is 4.79 Å². The summed E-state index contributed by atoms with van der Waals surface area (Å²) in [7, 11) is 0. The lowest BCUT2D eigenvalue weighted by molar-refractivity contribution is -0.131. The number of hydrogen-bond donors (Lipinski definition) is 0. The van der Waals surface area contributed by atoms with Crippen LogP contribution in [-0.4, -0.2) is 37.1 Å². The molecule has 0 heterocycles. The van der Waals surface area contributed by atoms with Crippen LogP contribution in [0.1, 0.15) is 26.7 Å². The zero-order valence-electron chi connectivity index (χ0n) is 9.08. The number of amides is 1. The van der Waals surface area contributed by atoms with Gasteiger partial charge in [0.25, 0.3) is 0 Å². The van der Waals surface area contributed by atoms with Crippen molar-refractivity contribution in [2.45, 2.75) is 26.7 Å². The number of ether oxygens (including phenoxy) is 1. The lowest BCUT2D eigenvalue weighted by Gasteiger charge is -2.17. The SMILES string of the molecule is C#CCN(CC)C(=O)CCOCCC. The van der Waals surface area contributed by atoms with Crippen molar-refractivity contribution in [2.75, 3.05) is 26.3 Å². The minimum absolute atomic E-state index is 0.0709. The van der Waals surface area contributed by atoms with Gasteiger partial charge in [-0.2, -0.15) is 0 Å². The van der Waals surface area contributed by atoms with Gasteiger partial charge in [0.2, 0.25) is 5.91 Å². The number of terminal acetylenes is 1. The van der Waals surface area contributed by atoms with Gasteiger partial charge in [0.1, 0.15) is 0 Å². The van der Waals surface area contributed by atoms with E-state index >= 15 is 0 Å². The van der Waals surface area contributed by atoms with Crippen LogP contribution in [0.2, 0.25) is 0 Å². The summed E-state index contributed by atoms with van der Waals surface area (Å²) in [4.78, 5) is 13.1. The maximum Gasteiger partial charge on any atom is 0.225 e. The standard InChI is InChI=1S/C11H19NO2/c1-4-8-12(6-3)11(13)7-10-14-9-5-2/h1H,5-10H2,2-3H3. The summed E-state index contributed by atoms with van der Waals surface area (Å²) < 4.78 is 5.23. The summed E-state index contributed by atoms with van der Waals surface area (Å²) in [5.41, 5.74) is 0. The Hall–Kier alpha value is -1.01. The predicted molar refractivity (Wildman–Crippen MR) is 56.8 cm³/mol. The first-order valence-electron chi connectivity index (χ1n) is 5.05. The molecule has 0 aromatic heterocycles. The molecule has 80 valence electrons. The predicted octanol–water partition coefficient (Wildman–Crippen LogP) is 1.28. The lowest BCUT2D eigenvalue weighted by atomic mass is 10.3. The Kier molecular flexibility index (Phi) is 7.96. The highest BCUT2D eigenvalue weighted by molar-refractivity contribution is 5.76. The Morgan fingerprint density at radius 1 is 1.43 bits per heavy atom. The van der Waals surface area contributed by atoms with Crippen LogP contribution in [0.25, 0.3) is 0 Å². The molecule has 3 heteroatoms. The van der Waals surface area contributed by atoms with Gasteiger partial charge < -0.3 is 9.64 Å². The zero-order valence-corrected chi connectivity index (χ0v) is 9.08. The Labute approximate surface area is 86.4 Å². The fourth-order valence-corrected chi connectivity index (χ4v) is 1.05. The summed E-state index contributed by atoms with van der Waals surface area (Å²) in [5.74, 6) is 2.54. The van der Waals surface area contributed by atoms with E-state index in [1.807, 2.05) is 13.8 Å². The average Bonchev–Trinajstić information content (AvgIpc) is 2.20. The van der Waals surface area contributed by atoms with E-state index in [9.17, 15) is 4.79 Å². The first-order chi connectivity index (χ1) is 6.76. The molecule has 0 aliphatic rings. The van der Waals surface area contributed by atoms with Gasteiger partial charge in [0, 0.05) is 13.2 Å². The highest BCUT2D eigenvalue weighted by Crippen LogP contribution is 1.94. The molecular weight excluding hydrogens is 178 g/mol. The Balaban J connectivity index is 3.65. The van der Waals surface area contributed by atoms with Gasteiger partial charge in [0.05, 0.1) is 19.6 Å². The van der Waals surface area contributed by atoms with E-state index in [0.717, 1.165) is 6.42 Å². The van der Waals surface area contributed by atoms with E-state index in [1.54, 1.807) is 4.90 Å². The first kappa shape index (κ1) is 13.0. The van der Waals surface area contributed by atoms with Crippen LogP contribution in [0.5, 0.6) is 0 Å². The van der Waals surface area contributed by atoms with Crippen molar-refractivity contribution in [3.05, 3.63) is 0 Å². The van der Waals surface area contributed by atoms with Crippen LogP contribution < -0.4 is 0 Å². The van der Waals surface area contributed by atoms with Crippen molar-refractivity contribution in [1.29, 1.82) is 0 Å². The topological polar surface area (TPSA) is 29.5 Å². The Morgan fingerprint density at radius 2 is 2.14 bits per heavy atom. The van der Waals surface area contributed by atoms with E-state index < -0.39 is 0 Å². The molecule has 0 aliphatic heterocycles. The third kappa shape index (κ3) is 5.60. The fraction of sp³-hybridized carbons (Fsp3) is 0.727. The van der Waals surface area contributed by atoms with E-state index in [4.69, 9.17) is 11.2 Å². The van der Waals surface area contributed by atoms with Crippen LogP contribution >= 0.6 is 0 Å². The minimum atomic E-state index is 0.0709. The monoisotopic (exact) mass is 197 g/mol. The summed E-state index contributed by atoms with van der Waals surface area (Å²) in [5, 5.41) is 0. The third-order valence-electron chi connectivity index (χ3n) is 1.83. The van der Waals surface area contributed by atoms with Gasteiger partial charge in [-0.1, -0.05) is 12.8 Å². The second-order valence-corrected chi connectivity index (χ2v) is 2.97. The van der Waals surface area contributed by atoms with Crippen molar-refractivity contribution in [2.24, 2.45) is 0 Å². The molecule has 0 radical (unpaired) electrons. The molecule has 3 nitrogen and oxygen atoms in total. The van der Waals surface area contributed by atoms with E-state index in [-0.39, 0.29) is 5.91 Å². The molecule has 0 aromatic rings. The molecule has 0 rings (SSSR count). The van der Waals surface area contributed by atoms with Crippen molar-refractivity contribution in [3.63, 3.8) is 0 Å². The maximum atomic E-state index is 11.5. The smallest absolute Gasteiger partial charge is 0.225 e. The molecule has 0 unspecified atom stereocenters. The van der Waals surface area contributed by atoms with Crippen LogP contribution in [0.4, 0.5) is 0 Å². The highest BCUT2D eigenvalue weighted by Gasteiger charge is 2.09. The zero-order chi connectivity index (χ0) is 10.8. The molecule has 1 amide bonds. The quantitative estimate of drug-likeness (QED) is 0.454. The molecule has 0 spiro atoms. The van der Waals surface area contributed by atoms with Gasteiger partial charge in [0.15, 0.2) is 0 Å². The van der Waals surface area contributed by atoms with Crippen LogP contribution in [-0.2, 0) is 9.53 Å². The van der Waals surface area contributed by atoms with Crippen LogP contribution in [0, 0.1) is 12.3 Å². The average molecular weight is 197 g/mol. The molecule has 0 aliphatic carbocycles. The fourth-order valence-electron chi connectivity index (χ4n) is 1.05. The second-order valence-electron chi connectivity index (χ2n) is 2.97. The minimum Gasteiger partial charge on any atom is -0.381 e. The number of rotatable bonds is 7. The molecule has 14 heavy (non-hydrogen) atoms. The number of hydrogen-bond acceptors (Lipinski definition) is 2. The number of nitrogens with zero attached hydrogens (tertiary/aromatic N) is 1. The first-order valence-corrected chi connectivity index (χ1v) is 5.05. The largest absolute Gasteiger partial charge is 0.381 e. The molecule has 0 fully saturated rings. The van der Waals surface area contributed by atoms with Gasteiger partial charge in [-0.15, -0.1) is 6.42 Å². The third-order valence-corrected chi connectivity index (χ3v) is 1.83. The van der Waals surface area contributed by atoms with Crippen molar-refractivity contribution < 1.29 is 9.53 Å². The maximum absolute atomic E-state index is 11.5. The van der Waals surface area contributed by atoms with Crippen LogP contribution in [0.15, 0.2) is 0 Å². The normalized spacial score (nSPS) is 9.50. The lowest BCUT2D eigenvalue weighted by Crippen LogP contribution is -2.31. The summed E-state index contributed by atoms with van der Waals surface area (Å²) in [6.45, 7) is 6.23. The van der Waals surface area contributed by atoms with E-state index in [2.05, 4.69) is 5.92 Å². The summed E-state index contributed by atoms with van der Waals surface area (Å²) >= 11 is 0. The van der Waals surface area contributed by atoms with E-state index in [0.29, 0.717) is 32.7 Å². The molecule has 0 aromatic carbocycles. The Morgan fingerprint density at radius 3 is 2.64 bits per heavy atom. The van der Waals surface area contributed by atoms with E-state index in [1.165, 1.54) is 0 Å². The molecule has 0 N–H and O–H groups in total. The van der Waals surface area contributed by atoms with Crippen LogP contribution in [0.3, 0.4) is 0 Å². The van der Waals surface area contributed by atoms with Crippen molar-refractivity contribution in [1.82, 2.24) is 4.90 Å². The van der Waals surface area contributed by atoms with Gasteiger partial charge in [-0.25, -0.2) is 0 Å². The van der Waals surface area contributed by atoms with Crippen molar-refractivity contribution in [3.8, 4) is 12.3 Å². The molecule has 0 atom stereocenters. The Bertz CT molecular complexity index is 196. The summed E-state index contributed by atoms with van der Waals surface area (Å²) in [6.07, 6.45) is 6.55. The number of carbonyl (C=O) groups is 1. The van der Waals surface area contributed by atoms with Gasteiger partial charge in [-0.05, 0) is 13.3 Å². The summed E-state index contributed by atoms with van der Waals surface area (Å²) in [6, 6.07) is 0. The second kappa shape index (κ2) is 8.58. The van der Waals surface area contributed by atoms with Crippen molar-refractivity contribution >= 4 is 5.91 Å². The number of carbonyl (C=O) groups excluding carboxylic acids is 1. The highest BCUT2D eigenvalue weighted by atomic mass is 16.5. The molecule has 0 saturated heterocycles. The molecule has 0 saturated carbocycles.